The number of aromatic nitrogens is 1. The van der Waals surface area contributed by atoms with Gasteiger partial charge in [-0.05, 0) is 19.9 Å². The summed E-state index contributed by atoms with van der Waals surface area (Å²) >= 11 is 0. The number of carbonyl (C=O) groups is 1. The lowest BCUT2D eigenvalue weighted by molar-refractivity contribution is -0.384. The second kappa shape index (κ2) is 7.75. The normalized spacial score (nSPS) is 15.0. The van der Waals surface area contributed by atoms with Crippen molar-refractivity contribution in [3.63, 3.8) is 0 Å². The van der Waals surface area contributed by atoms with Gasteiger partial charge in [0.25, 0.3) is 11.6 Å². The van der Waals surface area contributed by atoms with Crippen LogP contribution in [0, 0.1) is 24.0 Å². The molecule has 9 nitrogen and oxygen atoms in total. The molecule has 1 aromatic heterocycles. The molecule has 0 saturated carbocycles. The fraction of sp³-hybridized carbons (Fsp3) is 0.444. The summed E-state index contributed by atoms with van der Waals surface area (Å²) in [7, 11) is 1.52. The van der Waals surface area contributed by atoms with E-state index in [1.54, 1.807) is 6.07 Å². The summed E-state index contributed by atoms with van der Waals surface area (Å²) in [5.41, 5.74) is 2.98. The lowest BCUT2D eigenvalue weighted by Crippen LogP contribution is -2.46. The molecular formula is C18H23N5O4. The van der Waals surface area contributed by atoms with Crippen LogP contribution in [0.15, 0.2) is 22.7 Å². The van der Waals surface area contributed by atoms with E-state index in [2.05, 4.69) is 20.3 Å². The van der Waals surface area contributed by atoms with Crippen molar-refractivity contribution < 1.29 is 14.2 Å². The average Bonchev–Trinajstić information content (AvgIpc) is 2.99. The minimum atomic E-state index is -0.488. The molecule has 1 N–H and O–H groups in total. The van der Waals surface area contributed by atoms with Crippen molar-refractivity contribution in [3.8, 4) is 0 Å². The molecule has 0 atom stereocenters. The Bertz CT molecular complexity index is 836. The molecular weight excluding hydrogens is 350 g/mol. The van der Waals surface area contributed by atoms with E-state index in [9.17, 15) is 14.9 Å². The third kappa shape index (κ3) is 3.92. The number of rotatable bonds is 5. The summed E-state index contributed by atoms with van der Waals surface area (Å²) in [5, 5.41) is 17.6. The molecule has 144 valence electrons. The molecule has 1 fully saturated rings. The Morgan fingerprint density at radius 3 is 2.56 bits per heavy atom. The van der Waals surface area contributed by atoms with Gasteiger partial charge in [0.2, 0.25) is 0 Å². The highest BCUT2D eigenvalue weighted by Gasteiger charge is 2.24. The van der Waals surface area contributed by atoms with Crippen LogP contribution in [0.1, 0.15) is 27.4 Å². The molecule has 0 aliphatic carbocycles. The fourth-order valence-corrected chi connectivity index (χ4v) is 3.33. The summed E-state index contributed by atoms with van der Waals surface area (Å²) in [6, 6.07) is 4.44. The molecule has 27 heavy (non-hydrogen) atoms. The van der Waals surface area contributed by atoms with Crippen LogP contribution in [0.2, 0.25) is 0 Å². The standard InChI is InChI=1S/C18H23N5O4/c1-12-16(13(2)27-20-12)11-21-6-8-22(9-7-21)17-5-4-14(23(25)26)10-15(17)18(24)19-3/h4-5,10H,6-9,11H2,1-3H3,(H,19,24). The van der Waals surface area contributed by atoms with Crippen LogP contribution >= 0.6 is 0 Å². The number of carbonyl (C=O) groups excluding carboxylic acids is 1. The van der Waals surface area contributed by atoms with Crippen LogP contribution < -0.4 is 10.2 Å². The summed E-state index contributed by atoms with van der Waals surface area (Å²) in [4.78, 5) is 27.2. The number of nitro groups is 1. The Kier molecular flexibility index (Phi) is 5.41. The molecule has 0 radical (unpaired) electrons. The lowest BCUT2D eigenvalue weighted by Gasteiger charge is -2.36. The zero-order chi connectivity index (χ0) is 19.6. The Labute approximate surface area is 157 Å². The van der Waals surface area contributed by atoms with Gasteiger partial charge in [0.15, 0.2) is 0 Å². The number of amides is 1. The number of non-ortho nitro benzene ring substituents is 1. The van der Waals surface area contributed by atoms with E-state index in [0.29, 0.717) is 5.56 Å². The molecule has 0 unspecified atom stereocenters. The van der Waals surface area contributed by atoms with E-state index < -0.39 is 4.92 Å². The number of aryl methyl sites for hydroxylation is 2. The molecule has 0 bridgehead atoms. The van der Waals surface area contributed by atoms with Crippen LogP contribution in [0.25, 0.3) is 0 Å². The first kappa shape index (κ1) is 18.8. The number of hydrogen-bond acceptors (Lipinski definition) is 7. The number of piperazine rings is 1. The van der Waals surface area contributed by atoms with Gasteiger partial charge < -0.3 is 14.7 Å². The predicted molar refractivity (Wildman–Crippen MR) is 100.0 cm³/mol. The number of nitro benzene ring substituents is 1. The van der Waals surface area contributed by atoms with E-state index in [0.717, 1.165) is 55.4 Å². The Morgan fingerprint density at radius 1 is 1.30 bits per heavy atom. The van der Waals surface area contributed by atoms with Gasteiger partial charge in [0.05, 0.1) is 21.9 Å². The van der Waals surface area contributed by atoms with Crippen molar-refractivity contribution in [1.29, 1.82) is 0 Å². The van der Waals surface area contributed by atoms with Crippen LogP contribution in [-0.2, 0) is 6.54 Å². The van der Waals surface area contributed by atoms with Crippen LogP contribution in [0.5, 0.6) is 0 Å². The number of nitrogens with zero attached hydrogens (tertiary/aromatic N) is 4. The molecule has 2 heterocycles. The predicted octanol–water partition coefficient (Wildman–Crippen LogP) is 1.88. The third-order valence-corrected chi connectivity index (χ3v) is 4.94. The highest BCUT2D eigenvalue weighted by Crippen LogP contribution is 2.27. The second-order valence-corrected chi connectivity index (χ2v) is 6.60. The van der Waals surface area contributed by atoms with Crippen LogP contribution in [0.3, 0.4) is 0 Å². The van der Waals surface area contributed by atoms with Crippen molar-refractivity contribution in [3.05, 3.63) is 50.9 Å². The van der Waals surface area contributed by atoms with Gasteiger partial charge in [-0.25, -0.2) is 0 Å². The SMILES string of the molecule is CNC(=O)c1cc([N+](=O)[O-])ccc1N1CCN(Cc2c(C)noc2C)CC1. The van der Waals surface area contributed by atoms with Gasteiger partial charge in [-0.15, -0.1) is 0 Å². The van der Waals surface area contributed by atoms with Gasteiger partial charge >= 0.3 is 0 Å². The molecule has 3 rings (SSSR count). The zero-order valence-electron chi connectivity index (χ0n) is 15.7. The topological polar surface area (TPSA) is 105 Å². The minimum absolute atomic E-state index is 0.0885. The first-order chi connectivity index (χ1) is 12.9. The summed E-state index contributed by atoms with van der Waals surface area (Å²) in [6.07, 6.45) is 0. The maximum absolute atomic E-state index is 12.2. The summed E-state index contributed by atoms with van der Waals surface area (Å²) in [5.74, 6) is 0.513. The fourth-order valence-electron chi connectivity index (χ4n) is 3.33. The van der Waals surface area contributed by atoms with Crippen molar-refractivity contribution in [2.45, 2.75) is 20.4 Å². The van der Waals surface area contributed by atoms with E-state index in [1.807, 2.05) is 13.8 Å². The monoisotopic (exact) mass is 373 g/mol. The summed E-state index contributed by atoms with van der Waals surface area (Å²) in [6.45, 7) is 7.71. The molecule has 9 heteroatoms. The highest BCUT2D eigenvalue weighted by atomic mass is 16.6. The molecule has 1 amide bonds. The zero-order valence-corrected chi connectivity index (χ0v) is 15.7. The Morgan fingerprint density at radius 2 is 2.00 bits per heavy atom. The molecule has 1 aliphatic heterocycles. The van der Waals surface area contributed by atoms with Crippen LogP contribution in [0.4, 0.5) is 11.4 Å². The first-order valence-corrected chi connectivity index (χ1v) is 8.80. The van der Waals surface area contributed by atoms with Gasteiger partial charge in [-0.2, -0.15) is 0 Å². The van der Waals surface area contributed by atoms with Crippen molar-refractivity contribution in [1.82, 2.24) is 15.4 Å². The van der Waals surface area contributed by atoms with Gasteiger partial charge in [-0.3, -0.25) is 19.8 Å². The van der Waals surface area contributed by atoms with Crippen molar-refractivity contribution >= 4 is 17.3 Å². The molecule has 0 spiro atoms. The second-order valence-electron chi connectivity index (χ2n) is 6.60. The Hall–Kier alpha value is -2.94. The van der Waals surface area contributed by atoms with E-state index in [1.165, 1.54) is 19.2 Å². The quantitative estimate of drug-likeness (QED) is 0.630. The Balaban J connectivity index is 1.74. The summed E-state index contributed by atoms with van der Waals surface area (Å²) < 4.78 is 5.23. The first-order valence-electron chi connectivity index (χ1n) is 8.80. The van der Waals surface area contributed by atoms with E-state index in [4.69, 9.17) is 4.52 Å². The highest BCUT2D eigenvalue weighted by molar-refractivity contribution is 6.00. The van der Waals surface area contributed by atoms with Crippen molar-refractivity contribution in [2.75, 3.05) is 38.1 Å². The molecule has 1 aromatic carbocycles. The molecule has 1 saturated heterocycles. The van der Waals surface area contributed by atoms with Gasteiger partial charge in [-0.1, -0.05) is 5.16 Å². The molecule has 1 aliphatic rings. The van der Waals surface area contributed by atoms with E-state index in [-0.39, 0.29) is 11.6 Å². The minimum Gasteiger partial charge on any atom is -0.368 e. The van der Waals surface area contributed by atoms with Gasteiger partial charge in [0.1, 0.15) is 5.76 Å². The van der Waals surface area contributed by atoms with Gasteiger partial charge in [0, 0.05) is 57.5 Å². The largest absolute Gasteiger partial charge is 0.368 e. The maximum atomic E-state index is 12.2. The number of hydrogen-bond donors (Lipinski definition) is 1. The van der Waals surface area contributed by atoms with E-state index >= 15 is 0 Å². The molecule has 2 aromatic rings. The number of benzene rings is 1. The number of nitrogens with one attached hydrogen (secondary N) is 1. The lowest BCUT2D eigenvalue weighted by atomic mass is 10.1. The van der Waals surface area contributed by atoms with Crippen molar-refractivity contribution in [2.24, 2.45) is 0 Å². The average molecular weight is 373 g/mol. The maximum Gasteiger partial charge on any atom is 0.270 e. The third-order valence-electron chi connectivity index (χ3n) is 4.94. The number of anilines is 1. The smallest absolute Gasteiger partial charge is 0.270 e. The van der Waals surface area contributed by atoms with Crippen LogP contribution in [-0.4, -0.2) is 54.1 Å².